The monoisotopic (exact) mass is 331 g/mol. The fourth-order valence-corrected chi connectivity index (χ4v) is 3.66. The molecule has 0 aromatic heterocycles. The Morgan fingerprint density at radius 1 is 1.17 bits per heavy atom. The summed E-state index contributed by atoms with van der Waals surface area (Å²) in [5.41, 5.74) is 0. The van der Waals surface area contributed by atoms with Gasteiger partial charge < -0.3 is 5.32 Å². The third-order valence-corrected chi connectivity index (χ3v) is 5.09. The molecule has 0 aromatic carbocycles. The number of amides is 1. The molecule has 1 N–H and O–H groups in total. The second-order valence-corrected chi connectivity index (χ2v) is 6.66. The maximum atomic E-state index is 13.1. The molecule has 130 valence electrons. The van der Waals surface area contributed by atoms with E-state index in [0.717, 1.165) is 25.9 Å². The fourth-order valence-electron chi connectivity index (χ4n) is 3.66. The quantitative estimate of drug-likeness (QED) is 0.806. The van der Waals surface area contributed by atoms with Crippen molar-refractivity contribution in [2.24, 2.45) is 17.8 Å². The van der Waals surface area contributed by atoms with E-state index in [1.54, 1.807) is 0 Å². The van der Waals surface area contributed by atoms with Crippen LogP contribution in [-0.2, 0) is 4.79 Å². The molecule has 0 bridgehead atoms. The topological polar surface area (TPSA) is 56.1 Å². The second-order valence-electron chi connectivity index (χ2n) is 6.66. The van der Waals surface area contributed by atoms with Crippen LogP contribution in [0.25, 0.3) is 0 Å². The van der Waals surface area contributed by atoms with Gasteiger partial charge in [-0.1, -0.05) is 12.8 Å². The first kappa shape index (κ1) is 18.1. The summed E-state index contributed by atoms with van der Waals surface area (Å²) >= 11 is 0. The van der Waals surface area contributed by atoms with E-state index in [1.807, 2.05) is 0 Å². The summed E-state index contributed by atoms with van der Waals surface area (Å²) < 4.78 is 39.2. The first-order chi connectivity index (χ1) is 10.9. The minimum atomic E-state index is -4.29. The Morgan fingerprint density at radius 3 is 2.43 bits per heavy atom. The molecule has 7 heteroatoms. The first-order valence-electron chi connectivity index (χ1n) is 8.35. The van der Waals surface area contributed by atoms with Crippen LogP contribution < -0.4 is 5.32 Å². The molecule has 1 saturated carbocycles. The highest BCUT2D eigenvalue weighted by Gasteiger charge is 2.48. The van der Waals surface area contributed by atoms with Crippen molar-refractivity contribution in [3.63, 3.8) is 0 Å². The summed E-state index contributed by atoms with van der Waals surface area (Å²) in [6.07, 6.45) is -0.914. The number of hydrogen-bond acceptors (Lipinski definition) is 3. The first-order valence-corrected chi connectivity index (χ1v) is 8.35. The Morgan fingerprint density at radius 2 is 1.83 bits per heavy atom. The number of nitrogens with one attached hydrogen (secondary N) is 1. The summed E-state index contributed by atoms with van der Waals surface area (Å²) in [4.78, 5) is 14.3. The molecule has 1 aliphatic carbocycles. The number of likely N-dealkylation sites (tertiary alicyclic amines) is 1. The molecule has 2 atom stereocenters. The maximum absolute atomic E-state index is 13.1. The van der Waals surface area contributed by atoms with Gasteiger partial charge in [0.2, 0.25) is 5.91 Å². The van der Waals surface area contributed by atoms with Gasteiger partial charge in [0.1, 0.15) is 0 Å². The number of rotatable bonds is 4. The van der Waals surface area contributed by atoms with E-state index in [0.29, 0.717) is 38.3 Å². The number of alkyl halides is 3. The van der Waals surface area contributed by atoms with Crippen molar-refractivity contribution >= 4 is 5.91 Å². The predicted molar refractivity (Wildman–Crippen MR) is 79.3 cm³/mol. The molecular formula is C16H24F3N3O. The molecule has 0 unspecified atom stereocenters. The third kappa shape index (κ3) is 5.10. The SMILES string of the molecule is N#CCN1CCC(CNC(=O)[C@H]2CCCC[C@H]2C(F)(F)F)CC1. The van der Waals surface area contributed by atoms with E-state index in [4.69, 9.17) is 5.26 Å². The third-order valence-electron chi connectivity index (χ3n) is 5.09. The lowest BCUT2D eigenvalue weighted by molar-refractivity contribution is -0.198. The average Bonchev–Trinajstić information content (AvgIpc) is 2.53. The molecule has 23 heavy (non-hydrogen) atoms. The molecule has 1 saturated heterocycles. The lowest BCUT2D eigenvalue weighted by Gasteiger charge is -2.33. The van der Waals surface area contributed by atoms with E-state index in [9.17, 15) is 18.0 Å². The van der Waals surface area contributed by atoms with Crippen molar-refractivity contribution in [3.05, 3.63) is 0 Å². The van der Waals surface area contributed by atoms with Gasteiger partial charge in [0.05, 0.1) is 18.5 Å². The molecule has 1 heterocycles. The van der Waals surface area contributed by atoms with Crippen LogP contribution in [0.4, 0.5) is 13.2 Å². The fraction of sp³-hybridized carbons (Fsp3) is 0.875. The molecular weight excluding hydrogens is 307 g/mol. The highest BCUT2D eigenvalue weighted by atomic mass is 19.4. The van der Waals surface area contributed by atoms with Crippen LogP contribution in [0, 0.1) is 29.1 Å². The van der Waals surface area contributed by atoms with Gasteiger partial charge in [-0.05, 0) is 44.7 Å². The standard InChI is InChI=1S/C16H24F3N3O/c17-16(18,19)14-4-2-1-3-13(14)15(23)21-11-12-5-8-22(9-6-12)10-7-20/h12-14H,1-6,8-11H2,(H,21,23)/t13-,14+/m0/s1. The summed E-state index contributed by atoms with van der Waals surface area (Å²) in [5, 5.41) is 11.4. The van der Waals surface area contributed by atoms with Gasteiger partial charge in [0.25, 0.3) is 0 Å². The highest BCUT2D eigenvalue weighted by molar-refractivity contribution is 5.79. The van der Waals surface area contributed by atoms with Crippen molar-refractivity contribution in [2.75, 3.05) is 26.2 Å². The van der Waals surface area contributed by atoms with Gasteiger partial charge in [-0.25, -0.2) is 0 Å². The van der Waals surface area contributed by atoms with Gasteiger partial charge in [-0.3, -0.25) is 9.69 Å². The minimum Gasteiger partial charge on any atom is -0.356 e. The smallest absolute Gasteiger partial charge is 0.356 e. The van der Waals surface area contributed by atoms with Crippen LogP contribution in [0.3, 0.4) is 0 Å². The molecule has 2 aliphatic rings. The van der Waals surface area contributed by atoms with Gasteiger partial charge in [-0.2, -0.15) is 18.4 Å². The maximum Gasteiger partial charge on any atom is 0.392 e. The van der Waals surface area contributed by atoms with Crippen molar-refractivity contribution in [1.82, 2.24) is 10.2 Å². The molecule has 0 aromatic rings. The van der Waals surface area contributed by atoms with Crippen LogP contribution in [0.2, 0.25) is 0 Å². The van der Waals surface area contributed by atoms with Crippen LogP contribution in [0.5, 0.6) is 0 Å². The Kier molecular flexibility index (Phi) is 6.28. The van der Waals surface area contributed by atoms with Crippen LogP contribution in [0.15, 0.2) is 0 Å². The second kappa shape index (κ2) is 8.00. The number of hydrogen-bond donors (Lipinski definition) is 1. The predicted octanol–water partition coefficient (Wildman–Crippen LogP) is 2.71. The number of carbonyl (C=O) groups is 1. The number of piperidine rings is 1. The number of carbonyl (C=O) groups excluding carboxylic acids is 1. The van der Waals surface area contributed by atoms with E-state index in [-0.39, 0.29) is 6.42 Å². The van der Waals surface area contributed by atoms with E-state index in [1.165, 1.54) is 0 Å². The van der Waals surface area contributed by atoms with Crippen LogP contribution in [-0.4, -0.2) is 43.2 Å². The van der Waals surface area contributed by atoms with E-state index >= 15 is 0 Å². The lowest BCUT2D eigenvalue weighted by atomic mass is 9.78. The summed E-state index contributed by atoms with van der Waals surface area (Å²) in [7, 11) is 0. The van der Waals surface area contributed by atoms with Crippen LogP contribution >= 0.6 is 0 Å². The Labute approximate surface area is 135 Å². The van der Waals surface area contributed by atoms with Crippen molar-refractivity contribution in [1.29, 1.82) is 5.26 Å². The lowest BCUT2D eigenvalue weighted by Crippen LogP contribution is -2.45. The van der Waals surface area contributed by atoms with Crippen molar-refractivity contribution in [3.8, 4) is 6.07 Å². The zero-order chi connectivity index (χ0) is 16.9. The Balaban J connectivity index is 1.79. The number of nitriles is 1. The van der Waals surface area contributed by atoms with E-state index in [2.05, 4.69) is 16.3 Å². The Bertz CT molecular complexity index is 439. The normalized spacial score (nSPS) is 27.4. The van der Waals surface area contributed by atoms with E-state index < -0.39 is 23.9 Å². The largest absolute Gasteiger partial charge is 0.392 e. The summed E-state index contributed by atoms with van der Waals surface area (Å²) in [6.45, 7) is 2.47. The number of nitrogens with zero attached hydrogens (tertiary/aromatic N) is 2. The van der Waals surface area contributed by atoms with Gasteiger partial charge >= 0.3 is 6.18 Å². The van der Waals surface area contributed by atoms with Crippen molar-refractivity contribution in [2.45, 2.75) is 44.7 Å². The molecule has 4 nitrogen and oxygen atoms in total. The minimum absolute atomic E-state index is 0.0636. The molecule has 0 spiro atoms. The Hall–Kier alpha value is -1.29. The van der Waals surface area contributed by atoms with Gasteiger partial charge in [0.15, 0.2) is 0 Å². The zero-order valence-corrected chi connectivity index (χ0v) is 13.2. The molecule has 2 fully saturated rings. The molecule has 0 radical (unpaired) electrons. The average molecular weight is 331 g/mol. The van der Waals surface area contributed by atoms with Crippen LogP contribution in [0.1, 0.15) is 38.5 Å². The number of halogens is 3. The van der Waals surface area contributed by atoms with Gasteiger partial charge in [-0.15, -0.1) is 0 Å². The molecule has 1 aliphatic heterocycles. The zero-order valence-electron chi connectivity index (χ0n) is 13.2. The van der Waals surface area contributed by atoms with Gasteiger partial charge in [0, 0.05) is 12.5 Å². The highest BCUT2D eigenvalue weighted by Crippen LogP contribution is 2.41. The molecule has 2 rings (SSSR count). The molecule has 1 amide bonds. The summed E-state index contributed by atoms with van der Waals surface area (Å²) in [6, 6.07) is 2.11. The van der Waals surface area contributed by atoms with Crippen molar-refractivity contribution < 1.29 is 18.0 Å². The summed E-state index contributed by atoms with van der Waals surface area (Å²) in [5.74, 6) is -2.57.